The Morgan fingerprint density at radius 1 is 1.26 bits per heavy atom. The van der Waals surface area contributed by atoms with Gasteiger partial charge in [0.1, 0.15) is 17.3 Å². The van der Waals surface area contributed by atoms with Gasteiger partial charge in [-0.2, -0.15) is 10.2 Å². The standard InChI is InChI=1S/C16H26N6O/c1-6-21-15(10-14(20-21)9-11(2)3)16(23)17-7-8-22-13(5)18-12(4)19-22/h10-11H,6-9H2,1-5H3,(H,17,23). The molecular weight excluding hydrogens is 292 g/mol. The van der Waals surface area contributed by atoms with Gasteiger partial charge in [-0.15, -0.1) is 0 Å². The Kier molecular flexibility index (Phi) is 5.52. The van der Waals surface area contributed by atoms with E-state index in [9.17, 15) is 4.79 Å². The van der Waals surface area contributed by atoms with Crippen molar-refractivity contribution in [2.75, 3.05) is 6.54 Å². The van der Waals surface area contributed by atoms with Crippen LogP contribution >= 0.6 is 0 Å². The lowest BCUT2D eigenvalue weighted by Gasteiger charge is -2.07. The molecule has 1 amide bonds. The highest BCUT2D eigenvalue weighted by Crippen LogP contribution is 2.10. The first kappa shape index (κ1) is 17.2. The summed E-state index contributed by atoms with van der Waals surface area (Å²) in [5, 5.41) is 11.7. The van der Waals surface area contributed by atoms with Gasteiger partial charge in [-0.3, -0.25) is 9.48 Å². The van der Waals surface area contributed by atoms with Crippen LogP contribution in [0.1, 0.15) is 48.6 Å². The largest absolute Gasteiger partial charge is 0.349 e. The van der Waals surface area contributed by atoms with E-state index in [0.29, 0.717) is 31.2 Å². The minimum Gasteiger partial charge on any atom is -0.349 e. The smallest absolute Gasteiger partial charge is 0.269 e. The molecule has 2 rings (SSSR count). The van der Waals surface area contributed by atoms with Crippen LogP contribution in [0.4, 0.5) is 0 Å². The fourth-order valence-electron chi connectivity index (χ4n) is 2.55. The molecule has 2 aromatic heterocycles. The number of aryl methyl sites for hydroxylation is 3. The average molecular weight is 318 g/mol. The van der Waals surface area contributed by atoms with Crippen molar-refractivity contribution in [1.29, 1.82) is 0 Å². The highest BCUT2D eigenvalue weighted by molar-refractivity contribution is 5.92. The molecule has 0 aromatic carbocycles. The molecule has 0 saturated heterocycles. The molecule has 0 aliphatic rings. The van der Waals surface area contributed by atoms with Crippen LogP contribution in [-0.4, -0.2) is 37.0 Å². The van der Waals surface area contributed by atoms with E-state index in [1.807, 2.05) is 26.8 Å². The summed E-state index contributed by atoms with van der Waals surface area (Å²) in [7, 11) is 0. The number of amides is 1. The Labute approximate surface area is 137 Å². The SMILES string of the molecule is CCn1nc(CC(C)C)cc1C(=O)NCCn1nc(C)nc1C. The van der Waals surface area contributed by atoms with Crippen LogP contribution in [-0.2, 0) is 19.5 Å². The number of nitrogens with one attached hydrogen (secondary N) is 1. The van der Waals surface area contributed by atoms with Crippen molar-refractivity contribution in [2.45, 2.75) is 54.1 Å². The second-order valence-electron chi connectivity index (χ2n) is 6.12. The fraction of sp³-hybridized carbons (Fsp3) is 0.625. The molecule has 0 aliphatic carbocycles. The van der Waals surface area contributed by atoms with Crippen molar-refractivity contribution in [3.8, 4) is 0 Å². The van der Waals surface area contributed by atoms with Gasteiger partial charge in [0.25, 0.3) is 5.91 Å². The summed E-state index contributed by atoms with van der Waals surface area (Å²) in [5.41, 5.74) is 1.59. The van der Waals surface area contributed by atoms with Crippen molar-refractivity contribution < 1.29 is 4.79 Å². The molecule has 0 unspecified atom stereocenters. The number of carbonyl (C=O) groups excluding carboxylic acids is 1. The molecule has 0 saturated carbocycles. The van der Waals surface area contributed by atoms with Crippen molar-refractivity contribution >= 4 is 5.91 Å². The maximum Gasteiger partial charge on any atom is 0.269 e. The molecule has 0 radical (unpaired) electrons. The number of hydrogen-bond acceptors (Lipinski definition) is 4. The van der Waals surface area contributed by atoms with Crippen LogP contribution in [0, 0.1) is 19.8 Å². The molecule has 2 heterocycles. The van der Waals surface area contributed by atoms with E-state index in [0.717, 1.165) is 23.8 Å². The van der Waals surface area contributed by atoms with Crippen molar-refractivity contribution in [1.82, 2.24) is 29.9 Å². The van der Waals surface area contributed by atoms with Crippen LogP contribution in [0.5, 0.6) is 0 Å². The summed E-state index contributed by atoms with van der Waals surface area (Å²) in [4.78, 5) is 16.6. The van der Waals surface area contributed by atoms with Gasteiger partial charge < -0.3 is 5.32 Å². The Morgan fingerprint density at radius 2 is 2.00 bits per heavy atom. The minimum atomic E-state index is -0.0937. The third-order valence-corrected chi connectivity index (χ3v) is 3.55. The van der Waals surface area contributed by atoms with Crippen molar-refractivity contribution in [3.63, 3.8) is 0 Å². The van der Waals surface area contributed by atoms with Crippen LogP contribution in [0.3, 0.4) is 0 Å². The van der Waals surface area contributed by atoms with Gasteiger partial charge in [0.15, 0.2) is 0 Å². The quantitative estimate of drug-likeness (QED) is 0.843. The number of carbonyl (C=O) groups is 1. The maximum atomic E-state index is 12.4. The summed E-state index contributed by atoms with van der Waals surface area (Å²) in [6.45, 7) is 11.9. The lowest BCUT2D eigenvalue weighted by atomic mass is 10.1. The Hall–Kier alpha value is -2.18. The van der Waals surface area contributed by atoms with E-state index >= 15 is 0 Å². The Bertz CT molecular complexity index is 670. The van der Waals surface area contributed by atoms with E-state index in [1.165, 1.54) is 0 Å². The third kappa shape index (κ3) is 4.40. The monoisotopic (exact) mass is 318 g/mol. The molecule has 2 aromatic rings. The molecule has 0 aliphatic heterocycles. The van der Waals surface area contributed by atoms with Gasteiger partial charge >= 0.3 is 0 Å². The van der Waals surface area contributed by atoms with E-state index in [-0.39, 0.29) is 5.91 Å². The lowest BCUT2D eigenvalue weighted by Crippen LogP contribution is -2.29. The molecule has 0 atom stereocenters. The Balaban J connectivity index is 1.97. The molecule has 1 N–H and O–H groups in total. The van der Waals surface area contributed by atoms with E-state index in [2.05, 4.69) is 34.3 Å². The zero-order chi connectivity index (χ0) is 17.0. The fourth-order valence-corrected chi connectivity index (χ4v) is 2.55. The predicted octanol–water partition coefficient (Wildman–Crippen LogP) is 1.74. The van der Waals surface area contributed by atoms with Gasteiger partial charge in [-0.05, 0) is 39.2 Å². The Morgan fingerprint density at radius 3 is 2.57 bits per heavy atom. The molecule has 23 heavy (non-hydrogen) atoms. The number of hydrogen-bond donors (Lipinski definition) is 1. The molecule has 0 spiro atoms. The highest BCUT2D eigenvalue weighted by Gasteiger charge is 2.15. The normalized spacial score (nSPS) is 11.2. The first-order chi connectivity index (χ1) is 10.9. The van der Waals surface area contributed by atoms with Gasteiger partial charge in [0.2, 0.25) is 0 Å². The van der Waals surface area contributed by atoms with Crippen LogP contribution in [0.15, 0.2) is 6.07 Å². The predicted molar refractivity (Wildman–Crippen MR) is 88.3 cm³/mol. The molecule has 0 bridgehead atoms. The highest BCUT2D eigenvalue weighted by atomic mass is 16.2. The van der Waals surface area contributed by atoms with Gasteiger partial charge in [0.05, 0.1) is 12.2 Å². The van der Waals surface area contributed by atoms with Gasteiger partial charge in [-0.25, -0.2) is 9.67 Å². The van der Waals surface area contributed by atoms with Crippen LogP contribution in [0.2, 0.25) is 0 Å². The summed E-state index contributed by atoms with van der Waals surface area (Å²) in [6.07, 6.45) is 0.880. The van der Waals surface area contributed by atoms with E-state index in [1.54, 1.807) is 9.36 Å². The summed E-state index contributed by atoms with van der Waals surface area (Å²) in [6, 6.07) is 1.89. The van der Waals surface area contributed by atoms with E-state index in [4.69, 9.17) is 0 Å². The molecule has 7 nitrogen and oxygen atoms in total. The average Bonchev–Trinajstić information content (AvgIpc) is 3.01. The zero-order valence-corrected chi connectivity index (χ0v) is 14.6. The van der Waals surface area contributed by atoms with Crippen LogP contribution in [0.25, 0.3) is 0 Å². The van der Waals surface area contributed by atoms with Crippen molar-refractivity contribution in [3.05, 3.63) is 29.1 Å². The minimum absolute atomic E-state index is 0.0937. The number of nitrogens with zero attached hydrogens (tertiary/aromatic N) is 5. The van der Waals surface area contributed by atoms with Crippen LogP contribution < -0.4 is 5.32 Å². The first-order valence-corrected chi connectivity index (χ1v) is 8.13. The number of rotatable bonds is 7. The summed E-state index contributed by atoms with van der Waals surface area (Å²) in [5.74, 6) is 2.03. The summed E-state index contributed by atoms with van der Waals surface area (Å²) < 4.78 is 3.56. The molecule has 7 heteroatoms. The molecule has 126 valence electrons. The topological polar surface area (TPSA) is 77.6 Å². The molecular formula is C16H26N6O. The first-order valence-electron chi connectivity index (χ1n) is 8.13. The second kappa shape index (κ2) is 7.39. The zero-order valence-electron chi connectivity index (χ0n) is 14.6. The summed E-state index contributed by atoms with van der Waals surface area (Å²) >= 11 is 0. The van der Waals surface area contributed by atoms with Gasteiger partial charge in [-0.1, -0.05) is 13.8 Å². The van der Waals surface area contributed by atoms with E-state index < -0.39 is 0 Å². The second-order valence-corrected chi connectivity index (χ2v) is 6.12. The molecule has 0 fully saturated rings. The lowest BCUT2D eigenvalue weighted by molar-refractivity contribution is 0.0941. The maximum absolute atomic E-state index is 12.4. The number of aromatic nitrogens is 5. The van der Waals surface area contributed by atoms with Crippen molar-refractivity contribution in [2.24, 2.45) is 5.92 Å². The van der Waals surface area contributed by atoms with Gasteiger partial charge in [0, 0.05) is 13.1 Å². The third-order valence-electron chi connectivity index (χ3n) is 3.55.